The van der Waals surface area contributed by atoms with Gasteiger partial charge in [-0.2, -0.15) is 0 Å². The van der Waals surface area contributed by atoms with E-state index in [1.54, 1.807) is 12.1 Å². The monoisotopic (exact) mass is 236 g/mol. The Morgan fingerprint density at radius 3 is 2.35 bits per heavy atom. The van der Waals surface area contributed by atoms with Crippen LogP contribution in [0.15, 0.2) is 42.5 Å². The molecule has 2 aromatic rings. The fourth-order valence-corrected chi connectivity index (χ4v) is 1.43. The lowest BCUT2D eigenvalue weighted by atomic mass is 10.2. The van der Waals surface area contributed by atoms with Gasteiger partial charge in [0.25, 0.3) is 0 Å². The van der Waals surface area contributed by atoms with Crippen molar-refractivity contribution in [2.45, 2.75) is 6.61 Å². The Morgan fingerprint density at radius 1 is 1.00 bits per heavy atom. The first-order valence-corrected chi connectivity index (χ1v) is 5.00. The van der Waals surface area contributed by atoms with Crippen LogP contribution in [-0.4, -0.2) is 5.11 Å². The smallest absolute Gasteiger partial charge is 0.126 e. The second kappa shape index (κ2) is 4.82. The van der Waals surface area contributed by atoms with E-state index in [1.165, 1.54) is 24.3 Å². The topological polar surface area (TPSA) is 29.5 Å². The van der Waals surface area contributed by atoms with E-state index in [2.05, 4.69) is 0 Å². The average molecular weight is 236 g/mol. The Kier molecular flexibility index (Phi) is 3.23. The van der Waals surface area contributed by atoms with Gasteiger partial charge in [0.05, 0.1) is 0 Å². The van der Waals surface area contributed by atoms with Gasteiger partial charge >= 0.3 is 0 Å². The van der Waals surface area contributed by atoms with Crippen LogP contribution in [0.5, 0.6) is 11.5 Å². The van der Waals surface area contributed by atoms with Crippen LogP contribution in [0.3, 0.4) is 0 Å². The highest BCUT2D eigenvalue weighted by atomic mass is 19.1. The van der Waals surface area contributed by atoms with E-state index in [1.807, 2.05) is 0 Å². The largest absolute Gasteiger partial charge is 0.508 e. The van der Waals surface area contributed by atoms with Crippen LogP contribution in [0.1, 0.15) is 5.56 Å². The molecule has 0 atom stereocenters. The number of rotatable bonds is 3. The summed E-state index contributed by atoms with van der Waals surface area (Å²) < 4.78 is 31.1. The Labute approximate surface area is 97.1 Å². The summed E-state index contributed by atoms with van der Waals surface area (Å²) >= 11 is 0. The lowest BCUT2D eigenvalue weighted by molar-refractivity contribution is 0.303. The predicted octanol–water partition coefficient (Wildman–Crippen LogP) is 3.25. The molecule has 0 fully saturated rings. The van der Waals surface area contributed by atoms with Crippen molar-refractivity contribution in [2.24, 2.45) is 0 Å². The third kappa shape index (κ3) is 3.17. The van der Waals surface area contributed by atoms with Gasteiger partial charge in [-0.15, -0.1) is 0 Å². The van der Waals surface area contributed by atoms with E-state index < -0.39 is 11.6 Å². The zero-order valence-electron chi connectivity index (χ0n) is 8.86. The molecule has 0 spiro atoms. The molecule has 0 aliphatic rings. The van der Waals surface area contributed by atoms with Gasteiger partial charge in [0.1, 0.15) is 29.7 Å². The van der Waals surface area contributed by atoms with Crippen molar-refractivity contribution in [1.82, 2.24) is 0 Å². The maximum absolute atomic E-state index is 12.9. The summed E-state index contributed by atoms with van der Waals surface area (Å²) in [6, 6.07) is 9.41. The Morgan fingerprint density at radius 2 is 1.71 bits per heavy atom. The minimum atomic E-state index is -0.639. The Bertz CT molecular complexity index is 506. The molecule has 0 saturated carbocycles. The minimum absolute atomic E-state index is 0.0398. The van der Waals surface area contributed by atoms with Crippen LogP contribution in [0.25, 0.3) is 0 Å². The maximum atomic E-state index is 12.9. The summed E-state index contributed by atoms with van der Waals surface area (Å²) in [5, 5.41) is 9.20. The zero-order valence-corrected chi connectivity index (χ0v) is 8.86. The van der Waals surface area contributed by atoms with Crippen molar-refractivity contribution < 1.29 is 18.6 Å². The van der Waals surface area contributed by atoms with Crippen molar-refractivity contribution in [3.05, 3.63) is 59.7 Å². The lowest BCUT2D eigenvalue weighted by Crippen LogP contribution is -1.96. The number of hydrogen-bond acceptors (Lipinski definition) is 2. The zero-order chi connectivity index (χ0) is 12.3. The summed E-state index contributed by atoms with van der Waals surface area (Å²) in [4.78, 5) is 0. The van der Waals surface area contributed by atoms with Gasteiger partial charge in [-0.1, -0.05) is 6.07 Å². The highest BCUT2D eigenvalue weighted by Gasteiger charge is 2.02. The molecule has 1 N–H and O–H groups in total. The summed E-state index contributed by atoms with van der Waals surface area (Å²) in [7, 11) is 0. The van der Waals surface area contributed by atoms with Gasteiger partial charge in [0.2, 0.25) is 0 Å². The molecule has 88 valence electrons. The van der Waals surface area contributed by atoms with Gasteiger partial charge in [-0.25, -0.2) is 8.78 Å². The molecule has 0 heterocycles. The number of ether oxygens (including phenoxy) is 1. The highest BCUT2D eigenvalue weighted by Crippen LogP contribution is 2.19. The van der Waals surface area contributed by atoms with E-state index in [0.717, 1.165) is 6.07 Å². The fourth-order valence-electron chi connectivity index (χ4n) is 1.43. The van der Waals surface area contributed by atoms with Crippen LogP contribution >= 0.6 is 0 Å². The van der Waals surface area contributed by atoms with Gasteiger partial charge in [0, 0.05) is 12.1 Å². The van der Waals surface area contributed by atoms with Crippen LogP contribution in [-0.2, 0) is 6.61 Å². The Balaban J connectivity index is 2.07. The van der Waals surface area contributed by atoms with Crippen molar-refractivity contribution in [3.8, 4) is 11.5 Å². The molecule has 0 amide bonds. The SMILES string of the molecule is Oc1cccc(OCc2cc(F)cc(F)c2)c1. The number of benzene rings is 2. The molecule has 17 heavy (non-hydrogen) atoms. The number of phenols is 1. The molecule has 0 aliphatic heterocycles. The van der Waals surface area contributed by atoms with E-state index in [-0.39, 0.29) is 12.4 Å². The third-order valence-electron chi connectivity index (χ3n) is 2.15. The van der Waals surface area contributed by atoms with Crippen molar-refractivity contribution in [2.75, 3.05) is 0 Å². The van der Waals surface area contributed by atoms with Gasteiger partial charge < -0.3 is 9.84 Å². The quantitative estimate of drug-likeness (QED) is 0.886. The Hall–Kier alpha value is -2.10. The van der Waals surface area contributed by atoms with Gasteiger partial charge in [-0.05, 0) is 29.8 Å². The van der Waals surface area contributed by atoms with Gasteiger partial charge in [-0.3, -0.25) is 0 Å². The maximum Gasteiger partial charge on any atom is 0.126 e. The van der Waals surface area contributed by atoms with E-state index >= 15 is 0 Å². The molecule has 0 aliphatic carbocycles. The summed E-state index contributed by atoms with van der Waals surface area (Å²) in [6.45, 7) is 0.0398. The molecule has 0 saturated heterocycles. The highest BCUT2D eigenvalue weighted by molar-refractivity contribution is 5.32. The molecule has 0 radical (unpaired) electrons. The normalized spacial score (nSPS) is 10.2. The minimum Gasteiger partial charge on any atom is -0.508 e. The number of halogens is 2. The summed E-state index contributed by atoms with van der Waals surface area (Å²) in [5.41, 5.74) is 0.394. The third-order valence-corrected chi connectivity index (χ3v) is 2.15. The van der Waals surface area contributed by atoms with Crippen LogP contribution in [0.4, 0.5) is 8.78 Å². The molecule has 2 rings (SSSR count). The molecular formula is C13H10F2O2. The first-order chi connectivity index (χ1) is 8.13. The summed E-state index contributed by atoms with van der Waals surface area (Å²) in [5.74, 6) is -0.762. The van der Waals surface area contributed by atoms with E-state index in [9.17, 15) is 13.9 Å². The second-order valence-corrected chi connectivity index (χ2v) is 3.56. The molecule has 0 aromatic heterocycles. The number of hydrogen-bond donors (Lipinski definition) is 1. The average Bonchev–Trinajstić information content (AvgIpc) is 2.25. The predicted molar refractivity (Wildman–Crippen MR) is 58.8 cm³/mol. The summed E-state index contributed by atoms with van der Waals surface area (Å²) in [6.07, 6.45) is 0. The number of aromatic hydroxyl groups is 1. The second-order valence-electron chi connectivity index (χ2n) is 3.56. The first kappa shape index (κ1) is 11.4. The van der Waals surface area contributed by atoms with E-state index in [4.69, 9.17) is 4.74 Å². The number of phenolic OH excluding ortho intramolecular Hbond substituents is 1. The molecule has 2 nitrogen and oxygen atoms in total. The van der Waals surface area contributed by atoms with Crippen molar-refractivity contribution in [3.63, 3.8) is 0 Å². The van der Waals surface area contributed by atoms with Gasteiger partial charge in [0.15, 0.2) is 0 Å². The molecule has 0 bridgehead atoms. The standard InChI is InChI=1S/C13H10F2O2/c14-10-4-9(5-11(15)6-10)8-17-13-3-1-2-12(16)7-13/h1-7,16H,8H2. The van der Waals surface area contributed by atoms with Crippen LogP contribution < -0.4 is 4.74 Å². The van der Waals surface area contributed by atoms with E-state index in [0.29, 0.717) is 11.3 Å². The van der Waals surface area contributed by atoms with Crippen LogP contribution in [0.2, 0.25) is 0 Å². The first-order valence-electron chi connectivity index (χ1n) is 5.00. The molecule has 2 aromatic carbocycles. The lowest BCUT2D eigenvalue weighted by Gasteiger charge is -2.06. The molecular weight excluding hydrogens is 226 g/mol. The molecule has 0 unspecified atom stereocenters. The van der Waals surface area contributed by atoms with Crippen molar-refractivity contribution >= 4 is 0 Å². The van der Waals surface area contributed by atoms with Crippen molar-refractivity contribution in [1.29, 1.82) is 0 Å². The fraction of sp³-hybridized carbons (Fsp3) is 0.0769. The van der Waals surface area contributed by atoms with Crippen LogP contribution in [0, 0.1) is 11.6 Å². The molecule has 4 heteroatoms.